The molecule has 0 bridgehead atoms. The van der Waals surface area contributed by atoms with Gasteiger partial charge in [0, 0.05) is 44.1 Å². The molecule has 6 heteroatoms. The van der Waals surface area contributed by atoms with Gasteiger partial charge in [0.25, 0.3) is 5.91 Å². The first kappa shape index (κ1) is 17.2. The number of methoxy groups -OCH3 is 1. The van der Waals surface area contributed by atoms with Crippen molar-refractivity contribution in [3.63, 3.8) is 0 Å². The Morgan fingerprint density at radius 1 is 1.04 bits per heavy atom. The molecule has 0 unspecified atom stereocenters. The van der Waals surface area contributed by atoms with Crippen LogP contribution in [0.15, 0.2) is 24.5 Å². The van der Waals surface area contributed by atoms with E-state index in [1.165, 1.54) is 0 Å². The van der Waals surface area contributed by atoms with Gasteiger partial charge in [0.2, 0.25) is 5.95 Å². The van der Waals surface area contributed by atoms with Crippen LogP contribution in [0.2, 0.25) is 0 Å². The summed E-state index contributed by atoms with van der Waals surface area (Å²) in [6.45, 7) is 8.78. The fraction of sp³-hybridized carbons (Fsp3) is 0.421. The quantitative estimate of drug-likeness (QED) is 0.858. The SMILES string of the molecule is COc1c(C)cc(C(=O)N2CCN(c3ncccn3)CC2)c(C)c1C. The normalized spacial score (nSPS) is 14.6. The van der Waals surface area contributed by atoms with Gasteiger partial charge in [0.15, 0.2) is 0 Å². The molecule has 1 aliphatic rings. The van der Waals surface area contributed by atoms with E-state index in [2.05, 4.69) is 14.9 Å². The molecule has 25 heavy (non-hydrogen) atoms. The molecule has 1 saturated heterocycles. The summed E-state index contributed by atoms with van der Waals surface area (Å²) < 4.78 is 5.45. The Hall–Kier alpha value is -2.63. The van der Waals surface area contributed by atoms with Crippen LogP contribution >= 0.6 is 0 Å². The molecular weight excluding hydrogens is 316 g/mol. The van der Waals surface area contributed by atoms with Gasteiger partial charge in [0.1, 0.15) is 5.75 Å². The highest BCUT2D eigenvalue weighted by Gasteiger charge is 2.25. The van der Waals surface area contributed by atoms with Crippen LogP contribution in [0.3, 0.4) is 0 Å². The van der Waals surface area contributed by atoms with Crippen molar-refractivity contribution in [3.05, 3.63) is 46.8 Å². The van der Waals surface area contributed by atoms with E-state index in [0.29, 0.717) is 13.1 Å². The standard InChI is InChI=1S/C19H24N4O2/c1-13-12-16(14(2)15(3)17(13)25-4)18(24)22-8-10-23(11-9-22)19-20-6-5-7-21-19/h5-7,12H,8-11H2,1-4H3. The lowest BCUT2D eigenvalue weighted by Gasteiger charge is -2.35. The monoisotopic (exact) mass is 340 g/mol. The van der Waals surface area contributed by atoms with Gasteiger partial charge in [-0.1, -0.05) is 0 Å². The van der Waals surface area contributed by atoms with Gasteiger partial charge < -0.3 is 14.5 Å². The van der Waals surface area contributed by atoms with E-state index in [-0.39, 0.29) is 5.91 Å². The van der Waals surface area contributed by atoms with Crippen LogP contribution in [0.25, 0.3) is 0 Å². The van der Waals surface area contributed by atoms with Crippen molar-refractivity contribution in [2.45, 2.75) is 20.8 Å². The number of aromatic nitrogens is 2. The van der Waals surface area contributed by atoms with E-state index in [1.807, 2.05) is 31.7 Å². The molecule has 1 amide bonds. The molecule has 132 valence electrons. The average Bonchev–Trinajstić information content (AvgIpc) is 2.65. The van der Waals surface area contributed by atoms with Crippen molar-refractivity contribution in [1.82, 2.24) is 14.9 Å². The van der Waals surface area contributed by atoms with Gasteiger partial charge in [0.05, 0.1) is 7.11 Å². The first-order valence-corrected chi connectivity index (χ1v) is 8.49. The second kappa shape index (κ2) is 7.09. The van der Waals surface area contributed by atoms with Gasteiger partial charge in [-0.3, -0.25) is 4.79 Å². The number of carbonyl (C=O) groups is 1. The highest BCUT2D eigenvalue weighted by Crippen LogP contribution is 2.29. The highest BCUT2D eigenvalue weighted by atomic mass is 16.5. The van der Waals surface area contributed by atoms with Crippen LogP contribution < -0.4 is 9.64 Å². The summed E-state index contributed by atoms with van der Waals surface area (Å²) in [6, 6.07) is 3.75. The molecule has 0 atom stereocenters. The molecule has 1 aliphatic heterocycles. The van der Waals surface area contributed by atoms with Crippen LogP contribution in [0.4, 0.5) is 5.95 Å². The van der Waals surface area contributed by atoms with Gasteiger partial charge >= 0.3 is 0 Å². The van der Waals surface area contributed by atoms with Crippen LogP contribution in [0.1, 0.15) is 27.0 Å². The zero-order chi connectivity index (χ0) is 18.0. The Labute approximate surface area is 148 Å². The molecule has 0 radical (unpaired) electrons. The minimum atomic E-state index is 0.0833. The highest BCUT2D eigenvalue weighted by molar-refractivity contribution is 5.96. The third-order valence-electron chi connectivity index (χ3n) is 4.86. The third-order valence-corrected chi connectivity index (χ3v) is 4.86. The molecule has 1 aromatic carbocycles. The van der Waals surface area contributed by atoms with Crippen molar-refractivity contribution in [1.29, 1.82) is 0 Å². The van der Waals surface area contributed by atoms with Crippen LogP contribution in [0, 0.1) is 20.8 Å². The van der Waals surface area contributed by atoms with Crippen LogP contribution in [-0.4, -0.2) is 54.1 Å². The smallest absolute Gasteiger partial charge is 0.254 e. The Bertz CT molecular complexity index is 769. The van der Waals surface area contributed by atoms with E-state index >= 15 is 0 Å². The number of ether oxygens (including phenoxy) is 1. The summed E-state index contributed by atoms with van der Waals surface area (Å²) in [6.07, 6.45) is 3.48. The second-order valence-corrected chi connectivity index (χ2v) is 6.35. The van der Waals surface area contributed by atoms with Crippen molar-refractivity contribution >= 4 is 11.9 Å². The number of nitrogens with zero attached hydrogens (tertiary/aromatic N) is 4. The number of anilines is 1. The maximum Gasteiger partial charge on any atom is 0.254 e. The van der Waals surface area contributed by atoms with Gasteiger partial charge in [-0.05, 0) is 49.6 Å². The van der Waals surface area contributed by atoms with E-state index in [1.54, 1.807) is 25.6 Å². The molecule has 1 aromatic heterocycles. The summed E-state index contributed by atoms with van der Waals surface area (Å²) in [5, 5.41) is 0. The van der Waals surface area contributed by atoms with E-state index in [0.717, 1.165) is 47.0 Å². The Morgan fingerprint density at radius 3 is 2.28 bits per heavy atom. The molecule has 0 spiro atoms. The minimum absolute atomic E-state index is 0.0833. The number of piperazine rings is 1. The molecule has 2 heterocycles. The van der Waals surface area contributed by atoms with E-state index in [4.69, 9.17) is 4.74 Å². The molecule has 0 saturated carbocycles. The zero-order valence-corrected chi connectivity index (χ0v) is 15.2. The Kier molecular flexibility index (Phi) is 4.88. The zero-order valence-electron chi connectivity index (χ0n) is 15.2. The number of rotatable bonds is 3. The van der Waals surface area contributed by atoms with Gasteiger partial charge in [-0.25, -0.2) is 9.97 Å². The number of amides is 1. The first-order valence-electron chi connectivity index (χ1n) is 8.49. The lowest BCUT2D eigenvalue weighted by molar-refractivity contribution is 0.0745. The lowest BCUT2D eigenvalue weighted by Crippen LogP contribution is -2.49. The molecule has 6 nitrogen and oxygen atoms in total. The van der Waals surface area contributed by atoms with Crippen molar-refractivity contribution in [2.75, 3.05) is 38.2 Å². The summed E-state index contributed by atoms with van der Waals surface area (Å²) in [7, 11) is 1.67. The van der Waals surface area contributed by atoms with Crippen LogP contribution in [-0.2, 0) is 0 Å². The van der Waals surface area contributed by atoms with E-state index in [9.17, 15) is 4.79 Å². The molecule has 0 aliphatic carbocycles. The summed E-state index contributed by atoms with van der Waals surface area (Å²) in [5.74, 6) is 1.67. The molecular formula is C19H24N4O2. The number of hydrogen-bond donors (Lipinski definition) is 0. The first-order chi connectivity index (χ1) is 12.0. The third kappa shape index (κ3) is 3.29. The van der Waals surface area contributed by atoms with E-state index < -0.39 is 0 Å². The lowest BCUT2D eigenvalue weighted by atomic mass is 9.97. The van der Waals surface area contributed by atoms with Gasteiger partial charge in [-0.2, -0.15) is 0 Å². The largest absolute Gasteiger partial charge is 0.496 e. The predicted octanol–water partition coefficient (Wildman–Crippen LogP) is 2.37. The summed E-state index contributed by atoms with van der Waals surface area (Å²) in [5.41, 5.74) is 3.77. The fourth-order valence-electron chi connectivity index (χ4n) is 3.33. The predicted molar refractivity (Wildman–Crippen MR) is 97.4 cm³/mol. The summed E-state index contributed by atoms with van der Waals surface area (Å²) in [4.78, 5) is 25.6. The molecule has 3 rings (SSSR count). The number of hydrogen-bond acceptors (Lipinski definition) is 5. The van der Waals surface area contributed by atoms with Gasteiger partial charge in [-0.15, -0.1) is 0 Å². The van der Waals surface area contributed by atoms with Crippen LogP contribution in [0.5, 0.6) is 5.75 Å². The topological polar surface area (TPSA) is 58.6 Å². The average molecular weight is 340 g/mol. The minimum Gasteiger partial charge on any atom is -0.496 e. The summed E-state index contributed by atoms with van der Waals surface area (Å²) >= 11 is 0. The Morgan fingerprint density at radius 2 is 1.68 bits per heavy atom. The second-order valence-electron chi connectivity index (χ2n) is 6.35. The van der Waals surface area contributed by atoms with Crippen molar-refractivity contribution in [2.24, 2.45) is 0 Å². The maximum absolute atomic E-state index is 13.0. The Balaban J connectivity index is 1.75. The molecule has 2 aromatic rings. The molecule has 1 fully saturated rings. The maximum atomic E-state index is 13.0. The van der Waals surface area contributed by atoms with Crippen molar-refractivity contribution < 1.29 is 9.53 Å². The molecule has 0 N–H and O–H groups in total. The number of aryl methyl sites for hydroxylation is 1. The fourth-order valence-corrected chi connectivity index (χ4v) is 3.33. The number of benzene rings is 1. The van der Waals surface area contributed by atoms with Crippen molar-refractivity contribution in [3.8, 4) is 5.75 Å². The number of carbonyl (C=O) groups excluding carboxylic acids is 1.